The summed E-state index contributed by atoms with van der Waals surface area (Å²) in [6, 6.07) is 8.57. The van der Waals surface area contributed by atoms with E-state index >= 15 is 0 Å². The molecule has 4 rings (SSSR count). The van der Waals surface area contributed by atoms with E-state index in [1.54, 1.807) is 24.3 Å². The predicted octanol–water partition coefficient (Wildman–Crippen LogP) is 6.42. The van der Waals surface area contributed by atoms with Crippen LogP contribution >= 0.6 is 0 Å². The molecule has 1 aromatic carbocycles. The summed E-state index contributed by atoms with van der Waals surface area (Å²) < 4.78 is 41.0. The third kappa shape index (κ3) is 6.41. The monoisotopic (exact) mass is 553 g/mol. The quantitative estimate of drug-likeness (QED) is 0.240. The number of nitrogens with zero attached hydrogens (tertiary/aromatic N) is 3. The highest BCUT2D eigenvalue weighted by molar-refractivity contribution is 6.14. The average molecular weight is 554 g/mol. The molecular weight excluding hydrogens is 519 g/mol. The molecule has 3 aromatic rings. The summed E-state index contributed by atoms with van der Waals surface area (Å²) >= 11 is 0. The van der Waals surface area contributed by atoms with Crippen molar-refractivity contribution in [3.63, 3.8) is 0 Å². The van der Waals surface area contributed by atoms with E-state index in [2.05, 4.69) is 15.6 Å². The molecule has 0 aliphatic heterocycles. The molecule has 0 bridgehead atoms. The van der Waals surface area contributed by atoms with Crippen molar-refractivity contribution in [2.75, 3.05) is 17.7 Å². The minimum Gasteiger partial charge on any atom is -0.373 e. The number of hydrogen-bond donors (Lipinski definition) is 4. The third-order valence-electron chi connectivity index (χ3n) is 7.20. The first-order valence-corrected chi connectivity index (χ1v) is 13.3. The Morgan fingerprint density at radius 2 is 1.85 bits per heavy atom. The minimum absolute atomic E-state index is 0.142. The topological polar surface area (TPSA) is 122 Å². The molecule has 5 N–H and O–H groups in total. The number of amides is 1. The van der Waals surface area contributed by atoms with Gasteiger partial charge in [-0.3, -0.25) is 4.79 Å². The summed E-state index contributed by atoms with van der Waals surface area (Å²) in [5, 5.41) is 19.5. The van der Waals surface area contributed by atoms with Gasteiger partial charge in [-0.25, -0.2) is 9.67 Å². The zero-order chi connectivity index (χ0) is 29.0. The Labute approximate surface area is 231 Å². The molecule has 2 aromatic heterocycles. The fraction of sp³-hybridized carbons (Fsp3) is 0.379. The van der Waals surface area contributed by atoms with Crippen molar-refractivity contribution in [1.29, 1.82) is 5.41 Å². The highest BCUT2D eigenvalue weighted by Crippen LogP contribution is 2.37. The van der Waals surface area contributed by atoms with Gasteiger partial charge in [0.25, 0.3) is 5.91 Å². The lowest BCUT2D eigenvalue weighted by atomic mass is 9.92. The first-order valence-electron chi connectivity index (χ1n) is 13.3. The van der Waals surface area contributed by atoms with Crippen LogP contribution in [0.25, 0.3) is 11.3 Å². The Morgan fingerprint density at radius 3 is 2.45 bits per heavy atom. The lowest BCUT2D eigenvalue weighted by Gasteiger charge is -2.27. The number of anilines is 2. The van der Waals surface area contributed by atoms with E-state index in [4.69, 9.17) is 16.2 Å². The predicted molar refractivity (Wildman–Crippen MR) is 151 cm³/mol. The van der Waals surface area contributed by atoms with Crippen molar-refractivity contribution in [3.8, 4) is 11.3 Å². The van der Waals surface area contributed by atoms with Gasteiger partial charge in [-0.1, -0.05) is 24.6 Å². The molecule has 1 aliphatic rings. The normalized spacial score (nSPS) is 17.9. The van der Waals surface area contributed by atoms with Crippen LogP contribution in [0.2, 0.25) is 0 Å². The van der Waals surface area contributed by atoms with Crippen LogP contribution in [0.5, 0.6) is 0 Å². The zero-order valence-electron chi connectivity index (χ0n) is 22.8. The zero-order valence-corrected chi connectivity index (χ0v) is 22.8. The van der Waals surface area contributed by atoms with Gasteiger partial charge in [0.15, 0.2) is 0 Å². The highest BCUT2D eigenvalue weighted by atomic mass is 19.4. The standard InChI is InChI=1S/C29H34F3N7O/c1-4-17(2)15-23(34)25-26(38-39(27(25)35-3)22-11-9-21(33)10-12-22)18-5-7-19(8-6-18)28(40)37-24-16-20(13-14-36-24)29(30,31)32/h5-8,13-16,21-22,34-35H,4,9-12,33H2,1-3H3,(H,36,37,40)/b17-15+,34-23?. The molecule has 0 saturated heterocycles. The number of carbonyl (C=O) groups is 1. The second kappa shape index (κ2) is 12.0. The van der Waals surface area contributed by atoms with Crippen LogP contribution in [0.4, 0.5) is 24.8 Å². The molecular formula is C29H34F3N7O. The third-order valence-corrected chi connectivity index (χ3v) is 7.20. The Kier molecular flexibility index (Phi) is 8.73. The van der Waals surface area contributed by atoms with Gasteiger partial charge in [-0.15, -0.1) is 0 Å². The lowest BCUT2D eigenvalue weighted by molar-refractivity contribution is -0.137. The van der Waals surface area contributed by atoms with E-state index in [0.717, 1.165) is 61.8 Å². The molecule has 2 heterocycles. The number of nitrogens with one attached hydrogen (secondary N) is 3. The van der Waals surface area contributed by atoms with E-state index in [1.807, 2.05) is 31.7 Å². The number of aromatic nitrogens is 3. The summed E-state index contributed by atoms with van der Waals surface area (Å²) in [4.78, 5) is 16.6. The highest BCUT2D eigenvalue weighted by Gasteiger charge is 2.31. The second-order valence-corrected chi connectivity index (χ2v) is 10.1. The SMILES string of the molecule is CC/C(C)=C/C(=N)c1c(-c2ccc(C(=O)Nc3cc(C(F)(F)F)ccn3)cc2)nn(C2CCC(N)CC2)c1NC. The fourth-order valence-electron chi connectivity index (χ4n) is 4.81. The second-order valence-electron chi connectivity index (χ2n) is 10.1. The molecule has 212 valence electrons. The Bertz CT molecular complexity index is 1400. The molecule has 1 amide bonds. The molecule has 0 unspecified atom stereocenters. The van der Waals surface area contributed by atoms with Gasteiger partial charge >= 0.3 is 6.18 Å². The molecule has 11 heteroatoms. The Hall–Kier alpha value is -3.99. The van der Waals surface area contributed by atoms with Crippen LogP contribution in [-0.4, -0.2) is 39.5 Å². The number of alkyl halides is 3. The maximum absolute atomic E-state index is 13.0. The molecule has 1 fully saturated rings. The number of carbonyl (C=O) groups excluding carboxylic acids is 1. The molecule has 0 radical (unpaired) electrons. The van der Waals surface area contributed by atoms with E-state index in [9.17, 15) is 18.0 Å². The first kappa shape index (κ1) is 29.0. The van der Waals surface area contributed by atoms with Gasteiger partial charge in [0.2, 0.25) is 0 Å². The van der Waals surface area contributed by atoms with Crippen molar-refractivity contribution >= 4 is 23.3 Å². The molecule has 1 saturated carbocycles. The molecule has 0 spiro atoms. The number of rotatable bonds is 8. The van der Waals surface area contributed by atoms with Gasteiger partial charge in [0, 0.05) is 30.4 Å². The number of benzene rings is 1. The van der Waals surface area contributed by atoms with Gasteiger partial charge in [0.1, 0.15) is 17.3 Å². The van der Waals surface area contributed by atoms with Crippen LogP contribution in [0.15, 0.2) is 54.2 Å². The Balaban J connectivity index is 1.67. The maximum atomic E-state index is 13.0. The van der Waals surface area contributed by atoms with E-state index in [1.165, 1.54) is 0 Å². The van der Waals surface area contributed by atoms with Crippen molar-refractivity contribution in [2.45, 2.75) is 64.2 Å². The van der Waals surface area contributed by atoms with Crippen molar-refractivity contribution < 1.29 is 18.0 Å². The van der Waals surface area contributed by atoms with Gasteiger partial charge < -0.3 is 21.8 Å². The smallest absolute Gasteiger partial charge is 0.373 e. The van der Waals surface area contributed by atoms with E-state index in [-0.39, 0.29) is 23.5 Å². The number of hydrogen-bond acceptors (Lipinski definition) is 6. The van der Waals surface area contributed by atoms with Crippen molar-refractivity contribution in [3.05, 3.63) is 70.9 Å². The first-order chi connectivity index (χ1) is 19.0. The van der Waals surface area contributed by atoms with Gasteiger partial charge in [0.05, 0.1) is 22.9 Å². The van der Waals surface area contributed by atoms with Gasteiger partial charge in [-0.05, 0) is 69.4 Å². The number of nitrogens with two attached hydrogens (primary N) is 1. The number of allylic oxidation sites excluding steroid dienone is 2. The van der Waals surface area contributed by atoms with E-state index < -0.39 is 17.6 Å². The van der Waals surface area contributed by atoms with E-state index in [0.29, 0.717) is 22.5 Å². The average Bonchev–Trinajstić information content (AvgIpc) is 3.33. The molecule has 40 heavy (non-hydrogen) atoms. The summed E-state index contributed by atoms with van der Waals surface area (Å²) in [5.74, 6) is -0.0341. The fourth-order valence-corrected chi connectivity index (χ4v) is 4.81. The van der Waals surface area contributed by atoms with Gasteiger partial charge in [-0.2, -0.15) is 18.3 Å². The summed E-state index contributed by atoms with van der Waals surface area (Å²) in [5.41, 5.74) is 8.84. The van der Waals surface area contributed by atoms with Crippen LogP contribution in [0, 0.1) is 5.41 Å². The number of pyridine rings is 1. The number of halogens is 3. The van der Waals surface area contributed by atoms with Crippen LogP contribution in [0.1, 0.15) is 73.5 Å². The molecule has 1 aliphatic carbocycles. The molecule has 8 nitrogen and oxygen atoms in total. The van der Waals surface area contributed by atoms with Crippen molar-refractivity contribution in [2.24, 2.45) is 5.73 Å². The largest absolute Gasteiger partial charge is 0.416 e. The van der Waals surface area contributed by atoms with Crippen LogP contribution in [-0.2, 0) is 6.18 Å². The minimum atomic E-state index is -4.54. The summed E-state index contributed by atoms with van der Waals surface area (Å²) in [6.07, 6.45) is 2.68. The molecule has 0 atom stereocenters. The lowest BCUT2D eigenvalue weighted by Crippen LogP contribution is -2.28. The Morgan fingerprint density at radius 1 is 1.18 bits per heavy atom. The van der Waals surface area contributed by atoms with Crippen LogP contribution in [0.3, 0.4) is 0 Å². The maximum Gasteiger partial charge on any atom is 0.416 e. The summed E-state index contributed by atoms with van der Waals surface area (Å²) in [6.45, 7) is 4.01. The summed E-state index contributed by atoms with van der Waals surface area (Å²) in [7, 11) is 1.81. The van der Waals surface area contributed by atoms with Crippen molar-refractivity contribution in [1.82, 2.24) is 14.8 Å². The van der Waals surface area contributed by atoms with Crippen LogP contribution < -0.4 is 16.4 Å².